The molecule has 0 radical (unpaired) electrons. The van der Waals surface area contributed by atoms with Crippen LogP contribution in [0.5, 0.6) is 0 Å². The SMILES string of the molecule is CCCNc1nnc(C(=O)N2CCCC(N(C)C)C2)s1. The Morgan fingerprint density at radius 1 is 1.50 bits per heavy atom. The Labute approximate surface area is 124 Å². The second kappa shape index (κ2) is 6.99. The Morgan fingerprint density at radius 3 is 3.00 bits per heavy atom. The van der Waals surface area contributed by atoms with Crippen molar-refractivity contribution in [2.75, 3.05) is 39.0 Å². The summed E-state index contributed by atoms with van der Waals surface area (Å²) >= 11 is 1.35. The zero-order valence-corrected chi connectivity index (χ0v) is 13.2. The van der Waals surface area contributed by atoms with E-state index in [0.29, 0.717) is 11.0 Å². The number of carbonyl (C=O) groups is 1. The lowest BCUT2D eigenvalue weighted by molar-refractivity contribution is 0.0634. The maximum Gasteiger partial charge on any atom is 0.284 e. The number of piperidine rings is 1. The minimum atomic E-state index is 0.0126. The third-order valence-corrected chi connectivity index (χ3v) is 4.42. The van der Waals surface area contributed by atoms with Crippen molar-refractivity contribution >= 4 is 22.4 Å². The monoisotopic (exact) mass is 297 g/mol. The number of rotatable bonds is 5. The third kappa shape index (κ3) is 3.67. The molecule has 1 aliphatic rings. The van der Waals surface area contributed by atoms with Crippen molar-refractivity contribution in [3.05, 3.63) is 5.01 Å². The van der Waals surface area contributed by atoms with E-state index in [1.54, 1.807) is 0 Å². The summed E-state index contributed by atoms with van der Waals surface area (Å²) < 4.78 is 0. The van der Waals surface area contributed by atoms with Gasteiger partial charge in [0.15, 0.2) is 0 Å². The molecule has 1 amide bonds. The number of nitrogens with zero attached hydrogens (tertiary/aromatic N) is 4. The maximum atomic E-state index is 12.4. The first-order chi connectivity index (χ1) is 9.61. The van der Waals surface area contributed by atoms with Crippen molar-refractivity contribution in [3.63, 3.8) is 0 Å². The molecule has 112 valence electrons. The highest BCUT2D eigenvalue weighted by Gasteiger charge is 2.27. The molecule has 1 aromatic heterocycles. The predicted octanol–water partition coefficient (Wildman–Crippen LogP) is 1.53. The van der Waals surface area contributed by atoms with Crippen LogP contribution in [0.3, 0.4) is 0 Å². The van der Waals surface area contributed by atoms with E-state index < -0.39 is 0 Å². The van der Waals surface area contributed by atoms with Crippen LogP contribution in [-0.4, -0.2) is 65.7 Å². The van der Waals surface area contributed by atoms with Gasteiger partial charge in [0.1, 0.15) is 0 Å². The second-order valence-corrected chi connectivity index (χ2v) is 6.33. The number of likely N-dealkylation sites (tertiary alicyclic amines) is 1. The molecular weight excluding hydrogens is 274 g/mol. The zero-order valence-electron chi connectivity index (χ0n) is 12.4. The fraction of sp³-hybridized carbons (Fsp3) is 0.769. The number of likely N-dealkylation sites (N-methyl/N-ethyl adjacent to an activating group) is 1. The number of carbonyl (C=O) groups excluding carboxylic acids is 1. The lowest BCUT2D eigenvalue weighted by Crippen LogP contribution is -2.47. The zero-order chi connectivity index (χ0) is 14.5. The Morgan fingerprint density at radius 2 is 2.30 bits per heavy atom. The highest BCUT2D eigenvalue weighted by Crippen LogP contribution is 2.20. The normalized spacial score (nSPS) is 19.4. The molecule has 7 heteroatoms. The van der Waals surface area contributed by atoms with Crippen LogP contribution in [0.25, 0.3) is 0 Å². The van der Waals surface area contributed by atoms with Gasteiger partial charge in [0.25, 0.3) is 5.91 Å². The van der Waals surface area contributed by atoms with Gasteiger partial charge >= 0.3 is 0 Å². The van der Waals surface area contributed by atoms with Crippen molar-refractivity contribution in [1.29, 1.82) is 0 Å². The highest BCUT2D eigenvalue weighted by atomic mass is 32.1. The number of hydrogen-bond acceptors (Lipinski definition) is 6. The maximum absolute atomic E-state index is 12.4. The first-order valence-electron chi connectivity index (χ1n) is 7.15. The molecule has 0 saturated carbocycles. The lowest BCUT2D eigenvalue weighted by Gasteiger charge is -2.35. The highest BCUT2D eigenvalue weighted by molar-refractivity contribution is 7.17. The van der Waals surface area contributed by atoms with Gasteiger partial charge in [-0.25, -0.2) is 0 Å². The molecule has 1 saturated heterocycles. The Balaban J connectivity index is 1.97. The van der Waals surface area contributed by atoms with E-state index in [-0.39, 0.29) is 5.91 Å². The van der Waals surface area contributed by atoms with Crippen LogP contribution >= 0.6 is 11.3 Å². The first-order valence-corrected chi connectivity index (χ1v) is 7.96. The van der Waals surface area contributed by atoms with Gasteiger partial charge in [-0.05, 0) is 33.4 Å². The average molecular weight is 297 g/mol. The minimum absolute atomic E-state index is 0.0126. The number of anilines is 1. The topological polar surface area (TPSA) is 61.4 Å². The molecule has 0 aliphatic carbocycles. The predicted molar refractivity (Wildman–Crippen MR) is 81.3 cm³/mol. The fourth-order valence-corrected chi connectivity index (χ4v) is 3.05. The van der Waals surface area contributed by atoms with E-state index in [4.69, 9.17) is 0 Å². The van der Waals surface area contributed by atoms with Gasteiger partial charge in [-0.3, -0.25) is 4.79 Å². The van der Waals surface area contributed by atoms with E-state index >= 15 is 0 Å². The van der Waals surface area contributed by atoms with E-state index in [9.17, 15) is 4.79 Å². The van der Waals surface area contributed by atoms with Crippen molar-refractivity contribution in [2.24, 2.45) is 0 Å². The molecule has 1 atom stereocenters. The molecule has 1 aliphatic heterocycles. The van der Waals surface area contributed by atoms with Crippen LogP contribution in [0.15, 0.2) is 0 Å². The van der Waals surface area contributed by atoms with Crippen LogP contribution in [-0.2, 0) is 0 Å². The molecule has 1 N–H and O–H groups in total. The summed E-state index contributed by atoms with van der Waals surface area (Å²) in [7, 11) is 4.13. The van der Waals surface area contributed by atoms with Crippen molar-refractivity contribution in [3.8, 4) is 0 Å². The van der Waals surface area contributed by atoms with Crippen molar-refractivity contribution in [1.82, 2.24) is 20.0 Å². The Kier molecular flexibility index (Phi) is 5.31. The van der Waals surface area contributed by atoms with Crippen LogP contribution in [0.2, 0.25) is 0 Å². The van der Waals surface area contributed by atoms with Gasteiger partial charge in [0.2, 0.25) is 10.1 Å². The molecule has 0 spiro atoms. The van der Waals surface area contributed by atoms with E-state index in [1.807, 2.05) is 4.90 Å². The average Bonchev–Trinajstić information content (AvgIpc) is 2.93. The molecular formula is C13H23N5OS. The van der Waals surface area contributed by atoms with Gasteiger partial charge in [-0.1, -0.05) is 18.3 Å². The van der Waals surface area contributed by atoms with Crippen LogP contribution in [0.1, 0.15) is 36.0 Å². The molecule has 20 heavy (non-hydrogen) atoms. The summed E-state index contributed by atoms with van der Waals surface area (Å²) in [4.78, 5) is 16.5. The minimum Gasteiger partial charge on any atom is -0.360 e. The van der Waals surface area contributed by atoms with Crippen LogP contribution in [0, 0.1) is 0 Å². The first kappa shape index (κ1) is 15.2. The fourth-order valence-electron chi connectivity index (χ4n) is 2.31. The summed E-state index contributed by atoms with van der Waals surface area (Å²) in [6.07, 6.45) is 3.23. The Hall–Kier alpha value is -1.21. The van der Waals surface area contributed by atoms with Gasteiger partial charge in [0.05, 0.1) is 0 Å². The largest absolute Gasteiger partial charge is 0.360 e. The van der Waals surface area contributed by atoms with Crippen molar-refractivity contribution in [2.45, 2.75) is 32.2 Å². The molecule has 1 aromatic rings. The van der Waals surface area contributed by atoms with Gasteiger partial charge < -0.3 is 15.1 Å². The standard InChI is InChI=1S/C13H23N5OS/c1-4-7-14-13-16-15-11(20-13)12(19)18-8-5-6-10(9-18)17(2)3/h10H,4-9H2,1-3H3,(H,14,16). The molecule has 1 fully saturated rings. The molecule has 6 nitrogen and oxygen atoms in total. The molecule has 2 rings (SSSR count). The molecule has 2 heterocycles. The van der Waals surface area contributed by atoms with Crippen molar-refractivity contribution < 1.29 is 4.79 Å². The number of amides is 1. The number of nitrogens with one attached hydrogen (secondary N) is 1. The summed E-state index contributed by atoms with van der Waals surface area (Å²) in [5.41, 5.74) is 0. The lowest BCUT2D eigenvalue weighted by atomic mass is 10.1. The quantitative estimate of drug-likeness (QED) is 0.893. The van der Waals surface area contributed by atoms with Crippen LogP contribution < -0.4 is 5.32 Å². The summed E-state index contributed by atoms with van der Waals surface area (Å²) in [5.74, 6) is 0.0126. The smallest absolute Gasteiger partial charge is 0.284 e. The van der Waals surface area contributed by atoms with Crippen LogP contribution in [0.4, 0.5) is 5.13 Å². The summed E-state index contributed by atoms with van der Waals surface area (Å²) in [6, 6.07) is 0.443. The molecule has 0 bridgehead atoms. The van der Waals surface area contributed by atoms with E-state index in [2.05, 4.69) is 41.4 Å². The van der Waals surface area contributed by atoms with Gasteiger partial charge in [0, 0.05) is 25.7 Å². The molecule has 1 unspecified atom stereocenters. The number of aromatic nitrogens is 2. The summed E-state index contributed by atoms with van der Waals surface area (Å²) in [6.45, 7) is 4.55. The van der Waals surface area contributed by atoms with Gasteiger partial charge in [-0.2, -0.15) is 0 Å². The number of hydrogen-bond donors (Lipinski definition) is 1. The second-order valence-electron chi connectivity index (χ2n) is 5.35. The van der Waals surface area contributed by atoms with E-state index in [0.717, 1.165) is 44.0 Å². The third-order valence-electron chi connectivity index (χ3n) is 3.55. The molecule has 0 aromatic carbocycles. The summed E-state index contributed by atoms with van der Waals surface area (Å²) in [5, 5.41) is 12.4. The van der Waals surface area contributed by atoms with Gasteiger partial charge in [-0.15, -0.1) is 10.2 Å². The van der Waals surface area contributed by atoms with E-state index in [1.165, 1.54) is 11.3 Å². The Bertz CT molecular complexity index is 448.